The first-order valence-corrected chi connectivity index (χ1v) is 10.2. The number of morpholine rings is 1. The Kier molecular flexibility index (Phi) is 7.78. The number of aliphatic imine (C=N–C) groups is 1. The van der Waals surface area contributed by atoms with Crippen LogP contribution in [-0.4, -0.2) is 69.6 Å². The lowest BCUT2D eigenvalue weighted by Gasteiger charge is -2.37. The Bertz CT molecular complexity index is 602. The molecular weight excluding hydrogens is 342 g/mol. The summed E-state index contributed by atoms with van der Waals surface area (Å²) in [6.45, 7) is 7.01. The maximum atomic E-state index is 5.94. The maximum absolute atomic E-state index is 5.94. The van der Waals surface area contributed by atoms with Crippen LogP contribution < -0.4 is 10.1 Å². The van der Waals surface area contributed by atoms with Crippen LogP contribution in [0.5, 0.6) is 5.75 Å². The molecule has 1 N–H and O–H groups in total. The lowest BCUT2D eigenvalue weighted by molar-refractivity contribution is -0.0816. The highest BCUT2D eigenvalue weighted by atomic mass is 16.5. The highest BCUT2D eigenvalue weighted by molar-refractivity contribution is 5.80. The lowest BCUT2D eigenvalue weighted by Crippen LogP contribution is -2.53. The molecule has 2 fully saturated rings. The van der Waals surface area contributed by atoms with Crippen LogP contribution in [0.2, 0.25) is 0 Å². The van der Waals surface area contributed by atoms with Gasteiger partial charge >= 0.3 is 0 Å². The minimum atomic E-state index is 0.146. The number of guanidine groups is 1. The van der Waals surface area contributed by atoms with Gasteiger partial charge < -0.3 is 24.4 Å². The molecule has 1 aromatic carbocycles. The molecule has 2 aliphatic rings. The zero-order valence-corrected chi connectivity index (χ0v) is 16.7. The third-order valence-corrected chi connectivity index (χ3v) is 5.05. The normalized spacial score (nSPS) is 23.5. The van der Waals surface area contributed by atoms with Gasteiger partial charge in [0.1, 0.15) is 11.9 Å². The summed E-state index contributed by atoms with van der Waals surface area (Å²) in [6.07, 6.45) is 4.57. The Balaban J connectivity index is 1.47. The standard InChI is InChI=1S/C21H33N3O3/c1-3-12-25-18-7-4-6-17(15-18)9-10-23-21(22-2)24-11-14-27-20(16-24)19-8-5-13-26-19/h4,6-7,15,19-20H,3,5,8-14,16H2,1-2H3,(H,22,23). The maximum Gasteiger partial charge on any atom is 0.193 e. The van der Waals surface area contributed by atoms with E-state index < -0.39 is 0 Å². The summed E-state index contributed by atoms with van der Waals surface area (Å²) in [4.78, 5) is 6.76. The molecule has 0 amide bonds. The number of hydrogen-bond acceptors (Lipinski definition) is 4. The monoisotopic (exact) mass is 375 g/mol. The van der Waals surface area contributed by atoms with Crippen LogP contribution in [0.3, 0.4) is 0 Å². The predicted molar refractivity (Wildman–Crippen MR) is 108 cm³/mol. The van der Waals surface area contributed by atoms with Gasteiger partial charge in [0, 0.05) is 33.3 Å². The van der Waals surface area contributed by atoms with Gasteiger partial charge in [-0.2, -0.15) is 0 Å². The fourth-order valence-electron chi connectivity index (χ4n) is 3.65. The van der Waals surface area contributed by atoms with E-state index in [1.807, 2.05) is 13.1 Å². The van der Waals surface area contributed by atoms with Crippen molar-refractivity contribution in [2.24, 2.45) is 4.99 Å². The van der Waals surface area contributed by atoms with Gasteiger partial charge in [-0.15, -0.1) is 0 Å². The highest BCUT2D eigenvalue weighted by Gasteiger charge is 2.32. The van der Waals surface area contributed by atoms with Crippen molar-refractivity contribution in [3.05, 3.63) is 29.8 Å². The average Bonchev–Trinajstić information content (AvgIpc) is 3.25. The minimum Gasteiger partial charge on any atom is -0.494 e. The van der Waals surface area contributed by atoms with Gasteiger partial charge in [0.25, 0.3) is 0 Å². The summed E-state index contributed by atoms with van der Waals surface area (Å²) >= 11 is 0. The van der Waals surface area contributed by atoms with E-state index in [4.69, 9.17) is 14.2 Å². The third kappa shape index (κ3) is 5.84. The molecule has 1 aromatic rings. The van der Waals surface area contributed by atoms with Crippen molar-refractivity contribution in [3.8, 4) is 5.75 Å². The van der Waals surface area contributed by atoms with E-state index >= 15 is 0 Å². The molecule has 2 aliphatic heterocycles. The van der Waals surface area contributed by atoms with Crippen molar-refractivity contribution in [2.45, 2.75) is 44.8 Å². The summed E-state index contributed by atoms with van der Waals surface area (Å²) in [5.41, 5.74) is 1.27. The Morgan fingerprint density at radius 3 is 2.96 bits per heavy atom. The fraction of sp³-hybridized carbons (Fsp3) is 0.667. The molecule has 2 saturated heterocycles. The van der Waals surface area contributed by atoms with E-state index in [1.54, 1.807) is 0 Å². The minimum absolute atomic E-state index is 0.146. The fourth-order valence-corrected chi connectivity index (χ4v) is 3.65. The molecule has 0 radical (unpaired) electrons. The molecular formula is C21H33N3O3. The first-order valence-electron chi connectivity index (χ1n) is 10.2. The van der Waals surface area contributed by atoms with Crippen molar-refractivity contribution in [2.75, 3.05) is 46.5 Å². The molecule has 0 aliphatic carbocycles. The third-order valence-electron chi connectivity index (χ3n) is 5.05. The molecule has 6 nitrogen and oxygen atoms in total. The predicted octanol–water partition coefficient (Wildman–Crippen LogP) is 2.47. The summed E-state index contributed by atoms with van der Waals surface area (Å²) in [6, 6.07) is 8.35. The Morgan fingerprint density at radius 1 is 1.30 bits per heavy atom. The number of ether oxygens (including phenoxy) is 3. The molecule has 3 rings (SSSR count). The van der Waals surface area contributed by atoms with Crippen LogP contribution in [-0.2, 0) is 15.9 Å². The van der Waals surface area contributed by atoms with E-state index in [0.717, 1.165) is 76.8 Å². The van der Waals surface area contributed by atoms with Crippen molar-refractivity contribution < 1.29 is 14.2 Å². The van der Waals surface area contributed by atoms with E-state index in [1.165, 1.54) is 5.56 Å². The number of nitrogens with zero attached hydrogens (tertiary/aromatic N) is 2. The zero-order chi connectivity index (χ0) is 18.9. The van der Waals surface area contributed by atoms with Crippen molar-refractivity contribution in [1.82, 2.24) is 10.2 Å². The van der Waals surface area contributed by atoms with Gasteiger partial charge in [0.15, 0.2) is 5.96 Å². The topological polar surface area (TPSA) is 55.3 Å². The summed E-state index contributed by atoms with van der Waals surface area (Å²) in [7, 11) is 1.85. The van der Waals surface area contributed by atoms with Gasteiger partial charge in [-0.25, -0.2) is 0 Å². The molecule has 150 valence electrons. The average molecular weight is 376 g/mol. The summed E-state index contributed by atoms with van der Waals surface area (Å²) in [5.74, 6) is 1.89. The van der Waals surface area contributed by atoms with E-state index in [9.17, 15) is 0 Å². The molecule has 0 aromatic heterocycles. The largest absolute Gasteiger partial charge is 0.494 e. The van der Waals surface area contributed by atoms with E-state index in [0.29, 0.717) is 0 Å². The van der Waals surface area contributed by atoms with Crippen LogP contribution in [0, 0.1) is 0 Å². The van der Waals surface area contributed by atoms with Crippen molar-refractivity contribution >= 4 is 5.96 Å². The number of benzene rings is 1. The van der Waals surface area contributed by atoms with Gasteiger partial charge in [-0.3, -0.25) is 4.99 Å². The molecule has 0 saturated carbocycles. The number of rotatable bonds is 7. The molecule has 2 atom stereocenters. The van der Waals surface area contributed by atoms with Gasteiger partial charge in [-0.1, -0.05) is 19.1 Å². The van der Waals surface area contributed by atoms with Crippen molar-refractivity contribution in [1.29, 1.82) is 0 Å². The Morgan fingerprint density at radius 2 is 2.19 bits per heavy atom. The second-order valence-corrected chi connectivity index (χ2v) is 7.13. The molecule has 0 spiro atoms. The molecule has 2 unspecified atom stereocenters. The second kappa shape index (κ2) is 10.5. The van der Waals surface area contributed by atoms with Gasteiger partial charge in [0.05, 0.1) is 19.3 Å². The van der Waals surface area contributed by atoms with E-state index in [2.05, 4.69) is 40.3 Å². The number of nitrogens with one attached hydrogen (secondary N) is 1. The SMILES string of the molecule is CCCOc1cccc(CCNC(=NC)N2CCOC(C3CCCO3)C2)c1. The molecule has 6 heteroatoms. The first kappa shape index (κ1) is 20.0. The lowest BCUT2D eigenvalue weighted by atomic mass is 10.1. The summed E-state index contributed by atoms with van der Waals surface area (Å²) in [5, 5.41) is 3.50. The smallest absolute Gasteiger partial charge is 0.193 e. The molecule has 27 heavy (non-hydrogen) atoms. The highest BCUT2D eigenvalue weighted by Crippen LogP contribution is 2.21. The van der Waals surface area contributed by atoms with Gasteiger partial charge in [0.2, 0.25) is 0 Å². The van der Waals surface area contributed by atoms with Crippen LogP contribution in [0.4, 0.5) is 0 Å². The Labute approximate surface area is 162 Å². The molecule has 2 heterocycles. The second-order valence-electron chi connectivity index (χ2n) is 7.13. The van der Waals surface area contributed by atoms with E-state index in [-0.39, 0.29) is 12.2 Å². The first-order chi connectivity index (χ1) is 13.3. The zero-order valence-electron chi connectivity index (χ0n) is 16.7. The van der Waals surface area contributed by atoms with Crippen LogP contribution in [0.25, 0.3) is 0 Å². The van der Waals surface area contributed by atoms with Gasteiger partial charge in [-0.05, 0) is 43.4 Å². The number of hydrogen-bond donors (Lipinski definition) is 1. The Hall–Kier alpha value is -1.79. The van der Waals surface area contributed by atoms with Crippen molar-refractivity contribution in [3.63, 3.8) is 0 Å². The van der Waals surface area contributed by atoms with Crippen LogP contribution in [0.1, 0.15) is 31.7 Å². The molecule has 0 bridgehead atoms. The quantitative estimate of drug-likeness (QED) is 0.586. The summed E-state index contributed by atoms with van der Waals surface area (Å²) < 4.78 is 17.5. The van der Waals surface area contributed by atoms with Crippen LogP contribution in [0.15, 0.2) is 29.3 Å². The van der Waals surface area contributed by atoms with Crippen LogP contribution >= 0.6 is 0 Å².